The average molecular weight is 690 g/mol. The molecule has 0 saturated carbocycles. The van der Waals surface area contributed by atoms with E-state index in [0.717, 1.165) is 27.7 Å². The van der Waals surface area contributed by atoms with Crippen molar-refractivity contribution in [2.45, 2.75) is 37.5 Å². The maximum Gasteiger partial charge on any atom is 0.330 e. The van der Waals surface area contributed by atoms with Gasteiger partial charge in [0, 0.05) is 61.6 Å². The van der Waals surface area contributed by atoms with Crippen LogP contribution in [0, 0.1) is 0 Å². The molecule has 2 aliphatic rings. The van der Waals surface area contributed by atoms with Crippen LogP contribution in [-0.2, 0) is 36.4 Å². The Morgan fingerprint density at radius 3 is 2.52 bits per heavy atom. The molecule has 48 heavy (non-hydrogen) atoms. The van der Waals surface area contributed by atoms with Crippen LogP contribution < -0.4 is 27.0 Å². The summed E-state index contributed by atoms with van der Waals surface area (Å²) in [5, 5.41) is 4.32. The van der Waals surface area contributed by atoms with E-state index in [-0.39, 0.29) is 29.5 Å². The number of nitrogens with zero attached hydrogens (tertiary/aromatic N) is 4. The molecule has 2 aromatic carbocycles. The van der Waals surface area contributed by atoms with Crippen molar-refractivity contribution in [2.24, 2.45) is 19.8 Å². The zero-order valence-electron chi connectivity index (χ0n) is 26.6. The van der Waals surface area contributed by atoms with Crippen LogP contribution in [0.3, 0.4) is 0 Å². The lowest BCUT2D eigenvalue weighted by molar-refractivity contribution is -0.0901. The average Bonchev–Trinajstić information content (AvgIpc) is 3.50. The van der Waals surface area contributed by atoms with Gasteiger partial charge in [-0.3, -0.25) is 13.9 Å². The van der Waals surface area contributed by atoms with E-state index in [0.29, 0.717) is 70.0 Å². The monoisotopic (exact) mass is 688 g/mol. The van der Waals surface area contributed by atoms with Crippen LogP contribution in [-0.4, -0.2) is 57.7 Å². The summed E-state index contributed by atoms with van der Waals surface area (Å²) in [4.78, 5) is 34.9. The van der Waals surface area contributed by atoms with Crippen LogP contribution in [0.2, 0.25) is 10.0 Å². The second-order valence-corrected chi connectivity index (χ2v) is 12.9. The molecule has 4 heterocycles. The van der Waals surface area contributed by atoms with Crippen molar-refractivity contribution >= 4 is 45.6 Å². The van der Waals surface area contributed by atoms with Crippen molar-refractivity contribution in [3.8, 4) is 28.3 Å². The fourth-order valence-electron chi connectivity index (χ4n) is 6.58. The molecule has 1 fully saturated rings. The minimum atomic E-state index is -0.464. The number of benzene rings is 2. The van der Waals surface area contributed by atoms with Gasteiger partial charge in [-0.05, 0) is 36.6 Å². The fraction of sp³-hybridized carbons (Fsp3) is 0.314. The van der Waals surface area contributed by atoms with Gasteiger partial charge in [-0.1, -0.05) is 53.5 Å². The Morgan fingerprint density at radius 1 is 1.00 bits per heavy atom. The number of aryl methyl sites for hydroxylation is 1. The quantitative estimate of drug-likeness (QED) is 0.242. The number of hydrogen-bond acceptors (Lipinski definition) is 9. The molecule has 7 rings (SSSR count). The summed E-state index contributed by atoms with van der Waals surface area (Å²) in [6, 6.07) is 14.8. The number of ether oxygens (including phenoxy) is 3. The summed E-state index contributed by atoms with van der Waals surface area (Å²) >= 11 is 14.1. The Hall–Kier alpha value is -4.26. The lowest BCUT2D eigenvalue weighted by Gasteiger charge is -2.30. The largest absolute Gasteiger partial charge is 0.481 e. The molecule has 11 nitrogen and oxygen atoms in total. The highest BCUT2D eigenvalue weighted by atomic mass is 35.5. The lowest BCUT2D eigenvalue weighted by Crippen LogP contribution is -2.46. The van der Waals surface area contributed by atoms with E-state index >= 15 is 0 Å². The zero-order valence-corrected chi connectivity index (χ0v) is 28.1. The minimum Gasteiger partial charge on any atom is -0.481 e. The van der Waals surface area contributed by atoms with Gasteiger partial charge < -0.3 is 25.3 Å². The third kappa shape index (κ3) is 5.65. The van der Waals surface area contributed by atoms with E-state index in [2.05, 4.69) is 10.3 Å². The number of rotatable bonds is 7. The van der Waals surface area contributed by atoms with Crippen LogP contribution in [0.25, 0.3) is 33.3 Å². The molecule has 5 aromatic rings. The van der Waals surface area contributed by atoms with E-state index in [1.165, 1.54) is 17.8 Å². The molecule has 0 radical (unpaired) electrons. The number of anilines is 2. The Balaban J connectivity index is 1.22. The number of halogens is 2. The second kappa shape index (κ2) is 13.0. The van der Waals surface area contributed by atoms with Crippen LogP contribution in [0.1, 0.15) is 17.5 Å². The topological polar surface area (TPSA) is 136 Å². The highest BCUT2D eigenvalue weighted by molar-refractivity contribution is 6.39. The Labute approximate surface area is 286 Å². The lowest BCUT2D eigenvalue weighted by atomic mass is 9.99. The standard InChI is InChI=1S/C35H34Cl2N6O5/c1-42-27-10-12-39-32(29(27)34(44)43(2)35(42)45)40-25-9-5-7-21(31(25)37)20-6-4-8-22(30(20)36)26-15-18-14-19(16-23(18)33(41-26)46-3)48-28-17-47-13-11-24(28)38/h4-10,12,15,19,24,28H,11,13-14,16-17,38H2,1-3H3,(H,39,40)/t19?,24-,28-/m1/s1. The van der Waals surface area contributed by atoms with Gasteiger partial charge in [-0.15, -0.1) is 0 Å². The van der Waals surface area contributed by atoms with Gasteiger partial charge in [0.25, 0.3) is 5.56 Å². The van der Waals surface area contributed by atoms with E-state index in [9.17, 15) is 9.59 Å². The maximum atomic E-state index is 13.1. The summed E-state index contributed by atoms with van der Waals surface area (Å²) in [6.07, 6.45) is 3.48. The Morgan fingerprint density at radius 2 is 1.75 bits per heavy atom. The summed E-state index contributed by atoms with van der Waals surface area (Å²) < 4.78 is 20.2. The van der Waals surface area contributed by atoms with E-state index in [4.69, 9.17) is 48.1 Å². The number of nitrogens with one attached hydrogen (secondary N) is 1. The molecule has 3 atom stereocenters. The number of methoxy groups -OCH3 is 1. The number of nitrogens with two attached hydrogens (primary N) is 1. The molecule has 248 valence electrons. The Kier molecular flexibility index (Phi) is 8.73. The Bertz CT molecular complexity index is 2180. The first-order valence-corrected chi connectivity index (χ1v) is 16.4. The highest BCUT2D eigenvalue weighted by Crippen LogP contribution is 2.43. The number of pyridine rings is 2. The molecule has 1 saturated heterocycles. The van der Waals surface area contributed by atoms with Crippen LogP contribution in [0.4, 0.5) is 11.5 Å². The summed E-state index contributed by atoms with van der Waals surface area (Å²) in [5.74, 6) is 0.812. The second-order valence-electron chi connectivity index (χ2n) is 12.1. The third-order valence-electron chi connectivity index (χ3n) is 9.17. The van der Waals surface area contributed by atoms with Gasteiger partial charge in [0.05, 0.1) is 52.9 Å². The molecule has 0 amide bonds. The predicted molar refractivity (Wildman–Crippen MR) is 187 cm³/mol. The van der Waals surface area contributed by atoms with Gasteiger partial charge in [0.1, 0.15) is 11.2 Å². The molecular weight excluding hydrogens is 655 g/mol. The highest BCUT2D eigenvalue weighted by Gasteiger charge is 2.32. The van der Waals surface area contributed by atoms with Crippen LogP contribution in [0.5, 0.6) is 5.88 Å². The van der Waals surface area contributed by atoms with Crippen molar-refractivity contribution in [2.75, 3.05) is 25.6 Å². The predicted octanol–water partition coefficient (Wildman–Crippen LogP) is 5.02. The van der Waals surface area contributed by atoms with Gasteiger partial charge in [-0.25, -0.2) is 14.8 Å². The van der Waals surface area contributed by atoms with Crippen LogP contribution >= 0.6 is 23.2 Å². The fourth-order valence-corrected chi connectivity index (χ4v) is 7.18. The number of hydrogen-bond donors (Lipinski definition) is 2. The van der Waals surface area contributed by atoms with Crippen molar-refractivity contribution in [3.05, 3.63) is 96.7 Å². The minimum absolute atomic E-state index is 0.0500. The van der Waals surface area contributed by atoms with E-state index in [1.54, 1.807) is 26.3 Å². The van der Waals surface area contributed by atoms with Crippen molar-refractivity contribution in [1.82, 2.24) is 19.1 Å². The smallest absolute Gasteiger partial charge is 0.330 e. The number of fused-ring (bicyclic) bond motifs is 2. The van der Waals surface area contributed by atoms with Crippen molar-refractivity contribution < 1.29 is 14.2 Å². The van der Waals surface area contributed by atoms with Crippen molar-refractivity contribution in [1.29, 1.82) is 0 Å². The normalized spacial score (nSPS) is 19.0. The van der Waals surface area contributed by atoms with E-state index < -0.39 is 11.2 Å². The SMILES string of the molecule is COc1nc(-c2cccc(-c3cccc(Nc4nccc5c4c(=O)n(C)c(=O)n5C)c3Cl)c2Cl)cc2c1CC(O[C@@H]1COCC[C@H]1N)C2. The molecule has 1 aliphatic heterocycles. The molecule has 0 spiro atoms. The first-order chi connectivity index (χ1) is 23.2. The van der Waals surface area contributed by atoms with Gasteiger partial charge >= 0.3 is 5.69 Å². The molecule has 13 heteroatoms. The number of aromatic nitrogens is 4. The molecule has 0 bridgehead atoms. The van der Waals surface area contributed by atoms with Gasteiger partial charge in [-0.2, -0.15) is 0 Å². The molecule has 1 unspecified atom stereocenters. The summed E-state index contributed by atoms with van der Waals surface area (Å²) in [5.41, 5.74) is 11.2. The maximum absolute atomic E-state index is 13.1. The first-order valence-electron chi connectivity index (χ1n) is 15.6. The molecule has 3 N–H and O–H groups in total. The van der Waals surface area contributed by atoms with Crippen LogP contribution in [0.15, 0.2) is 64.3 Å². The van der Waals surface area contributed by atoms with Crippen molar-refractivity contribution in [3.63, 3.8) is 0 Å². The summed E-state index contributed by atoms with van der Waals surface area (Å²) in [6.45, 7) is 1.15. The molecular formula is C35H34Cl2N6O5. The zero-order chi connectivity index (χ0) is 33.7. The third-order valence-corrected chi connectivity index (χ3v) is 9.99. The van der Waals surface area contributed by atoms with Gasteiger partial charge in [0.2, 0.25) is 5.88 Å². The first kappa shape index (κ1) is 32.3. The molecule has 1 aliphatic carbocycles. The summed E-state index contributed by atoms with van der Waals surface area (Å²) in [7, 11) is 4.66. The van der Waals surface area contributed by atoms with E-state index in [1.807, 2.05) is 36.4 Å². The van der Waals surface area contributed by atoms with Gasteiger partial charge in [0.15, 0.2) is 0 Å². The molecule has 3 aromatic heterocycles.